The van der Waals surface area contributed by atoms with Gasteiger partial charge in [0.05, 0.1) is 0 Å². The minimum Gasteiger partial charge on any atom is -0.383 e. The predicted molar refractivity (Wildman–Crippen MR) is 75.4 cm³/mol. The number of hydrogen-bond acceptors (Lipinski definition) is 2. The van der Waals surface area contributed by atoms with Gasteiger partial charge in [-0.2, -0.15) is 0 Å². The molecule has 0 aliphatic carbocycles. The fourth-order valence-corrected chi connectivity index (χ4v) is 2.23. The zero-order valence-electron chi connectivity index (χ0n) is 10.0. The van der Waals surface area contributed by atoms with Crippen molar-refractivity contribution in [2.24, 2.45) is 0 Å². The third kappa shape index (κ3) is 1.93. The zero-order valence-corrected chi connectivity index (χ0v) is 10.0. The molecule has 0 aliphatic rings. The number of nitrogens with two attached hydrogens (primary N) is 1. The van der Waals surface area contributed by atoms with E-state index >= 15 is 0 Å². The third-order valence-corrected chi connectivity index (χ3v) is 3.15. The summed E-state index contributed by atoms with van der Waals surface area (Å²) in [7, 11) is 0. The van der Waals surface area contributed by atoms with E-state index in [-0.39, 0.29) is 0 Å². The molecule has 3 rings (SSSR count). The minimum atomic E-state index is 0.599. The Balaban J connectivity index is 2.10. The maximum Gasteiger partial charge on any atom is 0.131 e. The van der Waals surface area contributed by atoms with Crippen molar-refractivity contribution in [3.05, 3.63) is 71.9 Å². The molecule has 88 valence electrons. The molecule has 0 radical (unpaired) electrons. The van der Waals surface area contributed by atoms with Gasteiger partial charge in [0, 0.05) is 11.6 Å². The van der Waals surface area contributed by atoms with Crippen molar-refractivity contribution in [2.75, 3.05) is 5.73 Å². The normalized spacial score (nSPS) is 10.7. The molecule has 3 aromatic rings. The Morgan fingerprint density at radius 1 is 0.833 bits per heavy atom. The summed E-state index contributed by atoms with van der Waals surface area (Å²) in [5.74, 6) is 0.599. The zero-order chi connectivity index (χ0) is 12.4. The van der Waals surface area contributed by atoms with Crippen LogP contribution in [0.5, 0.6) is 0 Å². The standard InChI is InChI=1S/C16H14N2/c17-16-15-9-5-4-8-14(15)13(11-18-16)10-12-6-2-1-3-7-12/h1-9,11H,10H2,(H2,17,18). The van der Waals surface area contributed by atoms with Crippen LogP contribution in [-0.4, -0.2) is 4.98 Å². The summed E-state index contributed by atoms with van der Waals surface area (Å²) in [6.45, 7) is 0. The molecule has 0 spiro atoms. The molecular formula is C16H14N2. The largest absolute Gasteiger partial charge is 0.383 e. The van der Waals surface area contributed by atoms with Crippen molar-refractivity contribution in [3.8, 4) is 0 Å². The van der Waals surface area contributed by atoms with Gasteiger partial charge in [0.25, 0.3) is 0 Å². The Kier molecular flexibility index (Phi) is 2.69. The number of anilines is 1. The lowest BCUT2D eigenvalue weighted by atomic mass is 10.0. The van der Waals surface area contributed by atoms with Crippen LogP contribution in [0.4, 0.5) is 5.82 Å². The third-order valence-electron chi connectivity index (χ3n) is 3.15. The van der Waals surface area contributed by atoms with E-state index in [0.29, 0.717) is 5.82 Å². The van der Waals surface area contributed by atoms with Crippen LogP contribution in [0, 0.1) is 0 Å². The van der Waals surface area contributed by atoms with Gasteiger partial charge in [0.15, 0.2) is 0 Å². The average Bonchev–Trinajstić information content (AvgIpc) is 2.44. The van der Waals surface area contributed by atoms with Gasteiger partial charge in [0.2, 0.25) is 0 Å². The predicted octanol–water partition coefficient (Wildman–Crippen LogP) is 3.41. The lowest BCUT2D eigenvalue weighted by molar-refractivity contribution is 1.17. The average molecular weight is 234 g/mol. The molecule has 2 aromatic carbocycles. The lowest BCUT2D eigenvalue weighted by Crippen LogP contribution is -1.96. The Labute approximate surface area is 106 Å². The number of pyridine rings is 1. The van der Waals surface area contributed by atoms with E-state index < -0.39 is 0 Å². The molecule has 0 atom stereocenters. The topological polar surface area (TPSA) is 38.9 Å². The molecule has 2 N–H and O–H groups in total. The fourth-order valence-electron chi connectivity index (χ4n) is 2.23. The van der Waals surface area contributed by atoms with E-state index in [0.717, 1.165) is 11.8 Å². The first-order valence-corrected chi connectivity index (χ1v) is 6.00. The Morgan fingerprint density at radius 2 is 1.50 bits per heavy atom. The molecule has 0 unspecified atom stereocenters. The fraction of sp³-hybridized carbons (Fsp3) is 0.0625. The molecule has 2 heteroatoms. The SMILES string of the molecule is Nc1ncc(Cc2ccccc2)c2ccccc12. The number of nitrogens with zero attached hydrogens (tertiary/aromatic N) is 1. The first-order chi connectivity index (χ1) is 8.84. The second-order valence-corrected chi connectivity index (χ2v) is 4.38. The van der Waals surface area contributed by atoms with E-state index in [1.807, 2.05) is 30.5 Å². The van der Waals surface area contributed by atoms with Gasteiger partial charge in [-0.3, -0.25) is 0 Å². The van der Waals surface area contributed by atoms with Crippen molar-refractivity contribution in [1.82, 2.24) is 4.98 Å². The van der Waals surface area contributed by atoms with Crippen molar-refractivity contribution >= 4 is 16.6 Å². The maximum absolute atomic E-state index is 5.91. The molecule has 0 bridgehead atoms. The summed E-state index contributed by atoms with van der Waals surface area (Å²) in [5.41, 5.74) is 8.41. The first-order valence-electron chi connectivity index (χ1n) is 6.00. The molecule has 1 aromatic heterocycles. The number of nitrogen functional groups attached to an aromatic ring is 1. The van der Waals surface area contributed by atoms with E-state index in [9.17, 15) is 0 Å². The summed E-state index contributed by atoms with van der Waals surface area (Å²) < 4.78 is 0. The molecule has 0 amide bonds. The highest BCUT2D eigenvalue weighted by atomic mass is 14.8. The summed E-state index contributed by atoms with van der Waals surface area (Å²) in [5, 5.41) is 2.22. The highest BCUT2D eigenvalue weighted by Crippen LogP contribution is 2.24. The van der Waals surface area contributed by atoms with Crippen LogP contribution in [0.2, 0.25) is 0 Å². The maximum atomic E-state index is 5.91. The lowest BCUT2D eigenvalue weighted by Gasteiger charge is -2.08. The van der Waals surface area contributed by atoms with Crippen LogP contribution in [0.1, 0.15) is 11.1 Å². The van der Waals surface area contributed by atoms with Gasteiger partial charge in [-0.1, -0.05) is 54.6 Å². The molecular weight excluding hydrogens is 220 g/mol. The van der Waals surface area contributed by atoms with Gasteiger partial charge in [0.1, 0.15) is 5.82 Å². The Bertz CT molecular complexity index is 675. The van der Waals surface area contributed by atoms with Crippen LogP contribution in [0.15, 0.2) is 60.8 Å². The van der Waals surface area contributed by atoms with E-state index in [1.165, 1.54) is 16.5 Å². The Morgan fingerprint density at radius 3 is 2.28 bits per heavy atom. The van der Waals surface area contributed by atoms with Crippen LogP contribution in [0.25, 0.3) is 10.8 Å². The summed E-state index contributed by atoms with van der Waals surface area (Å²) in [6.07, 6.45) is 2.76. The molecule has 18 heavy (non-hydrogen) atoms. The van der Waals surface area contributed by atoms with Gasteiger partial charge in [-0.15, -0.1) is 0 Å². The van der Waals surface area contributed by atoms with Crippen LogP contribution >= 0.6 is 0 Å². The summed E-state index contributed by atoms with van der Waals surface area (Å²) in [4.78, 5) is 4.28. The van der Waals surface area contributed by atoms with E-state index in [2.05, 4.69) is 35.3 Å². The monoisotopic (exact) mass is 234 g/mol. The molecule has 0 aliphatic heterocycles. The molecule has 0 saturated carbocycles. The second kappa shape index (κ2) is 4.49. The van der Waals surface area contributed by atoms with Gasteiger partial charge >= 0.3 is 0 Å². The number of hydrogen-bond donors (Lipinski definition) is 1. The summed E-state index contributed by atoms with van der Waals surface area (Å²) >= 11 is 0. The smallest absolute Gasteiger partial charge is 0.131 e. The molecule has 2 nitrogen and oxygen atoms in total. The highest BCUT2D eigenvalue weighted by Gasteiger charge is 2.05. The van der Waals surface area contributed by atoms with Crippen LogP contribution in [-0.2, 0) is 6.42 Å². The van der Waals surface area contributed by atoms with E-state index in [1.54, 1.807) is 0 Å². The van der Waals surface area contributed by atoms with Crippen LogP contribution in [0.3, 0.4) is 0 Å². The number of aromatic nitrogens is 1. The number of rotatable bonds is 2. The van der Waals surface area contributed by atoms with E-state index in [4.69, 9.17) is 5.73 Å². The van der Waals surface area contributed by atoms with Gasteiger partial charge in [-0.25, -0.2) is 4.98 Å². The highest BCUT2D eigenvalue weighted by molar-refractivity contribution is 5.93. The molecule has 0 fully saturated rings. The summed E-state index contributed by atoms with van der Waals surface area (Å²) in [6, 6.07) is 18.6. The van der Waals surface area contributed by atoms with Crippen molar-refractivity contribution in [2.45, 2.75) is 6.42 Å². The second-order valence-electron chi connectivity index (χ2n) is 4.38. The van der Waals surface area contributed by atoms with Gasteiger partial charge in [-0.05, 0) is 22.9 Å². The minimum absolute atomic E-state index is 0.599. The Hall–Kier alpha value is -2.35. The van der Waals surface area contributed by atoms with Crippen LogP contribution < -0.4 is 5.73 Å². The molecule has 1 heterocycles. The number of benzene rings is 2. The number of fused-ring (bicyclic) bond motifs is 1. The molecule has 0 saturated heterocycles. The van der Waals surface area contributed by atoms with Crippen molar-refractivity contribution in [3.63, 3.8) is 0 Å². The first kappa shape index (κ1) is 10.8. The van der Waals surface area contributed by atoms with Crippen molar-refractivity contribution in [1.29, 1.82) is 0 Å². The van der Waals surface area contributed by atoms with Crippen molar-refractivity contribution < 1.29 is 0 Å². The quantitative estimate of drug-likeness (QED) is 0.738. The van der Waals surface area contributed by atoms with Gasteiger partial charge < -0.3 is 5.73 Å².